The van der Waals surface area contributed by atoms with Crippen molar-refractivity contribution in [1.29, 1.82) is 5.26 Å². The first kappa shape index (κ1) is 10.2. The van der Waals surface area contributed by atoms with Gasteiger partial charge in [0.05, 0.1) is 17.7 Å². The maximum absolute atomic E-state index is 11.4. The number of hydrogen-bond acceptors (Lipinski definition) is 4. The fourth-order valence-corrected chi connectivity index (χ4v) is 1.08. The van der Waals surface area contributed by atoms with Crippen molar-refractivity contribution in [1.82, 2.24) is 4.98 Å². The van der Waals surface area contributed by atoms with Gasteiger partial charge in [0.15, 0.2) is 0 Å². The summed E-state index contributed by atoms with van der Waals surface area (Å²) in [5, 5.41) is 8.83. The van der Waals surface area contributed by atoms with Crippen LogP contribution in [0.25, 0.3) is 0 Å². The van der Waals surface area contributed by atoms with Crippen LogP contribution in [0.15, 0.2) is 12.4 Å². The zero-order valence-electron chi connectivity index (χ0n) is 8.07. The molecule has 0 saturated heterocycles. The summed E-state index contributed by atoms with van der Waals surface area (Å²) in [6, 6.07) is 1.96. The highest BCUT2D eigenvalue weighted by molar-refractivity contribution is 5.92. The summed E-state index contributed by atoms with van der Waals surface area (Å²) in [7, 11) is 0. The van der Waals surface area contributed by atoms with Gasteiger partial charge in [-0.1, -0.05) is 0 Å². The lowest BCUT2D eigenvalue weighted by atomic mass is 10.1. The van der Waals surface area contributed by atoms with Gasteiger partial charge >= 0.3 is 5.97 Å². The molecule has 4 heteroatoms. The van der Waals surface area contributed by atoms with Crippen LogP contribution in [0, 0.1) is 18.3 Å². The molecule has 0 aliphatic carbocycles. The van der Waals surface area contributed by atoms with Crippen LogP contribution in [0.4, 0.5) is 0 Å². The summed E-state index contributed by atoms with van der Waals surface area (Å²) in [5.41, 5.74) is 1.24. The number of aromatic nitrogens is 1. The molecule has 0 aliphatic heterocycles. The molecule has 0 radical (unpaired) electrons. The second-order valence-electron chi connectivity index (χ2n) is 2.71. The lowest BCUT2D eigenvalue weighted by Crippen LogP contribution is -2.08. The van der Waals surface area contributed by atoms with E-state index >= 15 is 0 Å². The maximum Gasteiger partial charge on any atom is 0.341 e. The Kier molecular flexibility index (Phi) is 3.19. The van der Waals surface area contributed by atoms with E-state index in [9.17, 15) is 4.79 Å². The Bertz CT molecular complexity index is 394. The van der Waals surface area contributed by atoms with E-state index in [2.05, 4.69) is 4.98 Å². The molecule has 0 fully saturated rings. The molecule has 1 aromatic heterocycles. The molecule has 4 nitrogen and oxygen atoms in total. The van der Waals surface area contributed by atoms with Gasteiger partial charge in [-0.3, -0.25) is 4.98 Å². The highest BCUT2D eigenvalue weighted by atomic mass is 16.5. The predicted octanol–water partition coefficient (Wildman–Crippen LogP) is 1.44. The molecule has 0 atom stereocenters. The quantitative estimate of drug-likeness (QED) is 0.662. The number of pyridine rings is 1. The van der Waals surface area contributed by atoms with Crippen LogP contribution in [0.1, 0.15) is 28.4 Å². The fraction of sp³-hybridized carbons (Fsp3) is 0.300. The van der Waals surface area contributed by atoms with E-state index in [1.165, 1.54) is 6.20 Å². The van der Waals surface area contributed by atoms with E-state index in [0.717, 1.165) is 0 Å². The van der Waals surface area contributed by atoms with Crippen molar-refractivity contribution in [3.05, 3.63) is 29.1 Å². The van der Waals surface area contributed by atoms with Crippen molar-refractivity contribution in [2.24, 2.45) is 0 Å². The van der Waals surface area contributed by atoms with Crippen LogP contribution in [-0.2, 0) is 4.74 Å². The number of rotatable bonds is 2. The number of carbonyl (C=O) groups is 1. The summed E-state index contributed by atoms with van der Waals surface area (Å²) in [6.45, 7) is 3.74. The SMILES string of the molecule is CCOC(=O)c1cncc(C)c1C#N. The van der Waals surface area contributed by atoms with Crippen LogP contribution < -0.4 is 0 Å². The van der Waals surface area contributed by atoms with Crippen LogP contribution >= 0.6 is 0 Å². The average molecular weight is 190 g/mol. The lowest BCUT2D eigenvalue weighted by molar-refractivity contribution is 0.0525. The summed E-state index contributed by atoms with van der Waals surface area (Å²) in [5.74, 6) is -0.500. The van der Waals surface area contributed by atoms with Crippen molar-refractivity contribution >= 4 is 5.97 Å². The molecule has 0 bridgehead atoms. The summed E-state index contributed by atoms with van der Waals surface area (Å²) in [4.78, 5) is 15.2. The minimum absolute atomic E-state index is 0.231. The molecule has 14 heavy (non-hydrogen) atoms. The van der Waals surface area contributed by atoms with E-state index in [4.69, 9.17) is 10.00 Å². The molecule has 1 rings (SSSR count). The van der Waals surface area contributed by atoms with Gasteiger partial charge in [0.1, 0.15) is 6.07 Å². The second kappa shape index (κ2) is 4.38. The Balaban J connectivity index is 3.15. The molecule has 1 aromatic rings. The Morgan fingerprint density at radius 2 is 2.36 bits per heavy atom. The van der Waals surface area contributed by atoms with Crippen molar-refractivity contribution in [2.45, 2.75) is 13.8 Å². The Labute approximate surface area is 82.1 Å². The third kappa shape index (κ3) is 1.88. The van der Waals surface area contributed by atoms with Gasteiger partial charge < -0.3 is 4.74 Å². The van der Waals surface area contributed by atoms with Gasteiger partial charge in [0.2, 0.25) is 0 Å². The summed E-state index contributed by atoms with van der Waals surface area (Å²) in [6.07, 6.45) is 2.89. The Hall–Kier alpha value is -1.89. The fourth-order valence-electron chi connectivity index (χ4n) is 1.08. The molecule has 0 aromatic carbocycles. The Morgan fingerprint density at radius 1 is 1.64 bits per heavy atom. The predicted molar refractivity (Wildman–Crippen MR) is 49.6 cm³/mol. The number of nitrogens with zero attached hydrogens (tertiary/aromatic N) is 2. The zero-order valence-corrected chi connectivity index (χ0v) is 8.07. The topological polar surface area (TPSA) is 63.0 Å². The molecule has 0 amide bonds. The minimum Gasteiger partial charge on any atom is -0.462 e. The number of ether oxygens (including phenoxy) is 1. The van der Waals surface area contributed by atoms with E-state index in [0.29, 0.717) is 11.1 Å². The van der Waals surface area contributed by atoms with Crippen LogP contribution in [0.5, 0.6) is 0 Å². The summed E-state index contributed by atoms with van der Waals surface area (Å²) < 4.78 is 4.80. The zero-order chi connectivity index (χ0) is 10.6. The second-order valence-corrected chi connectivity index (χ2v) is 2.71. The first-order chi connectivity index (χ1) is 6.70. The standard InChI is InChI=1S/C10H10N2O2/c1-3-14-10(13)9-6-12-5-7(2)8(9)4-11/h5-6H,3H2,1-2H3. The van der Waals surface area contributed by atoms with Crippen molar-refractivity contribution in [2.75, 3.05) is 6.61 Å². The smallest absolute Gasteiger partial charge is 0.341 e. The van der Waals surface area contributed by atoms with Gasteiger partial charge in [0, 0.05) is 12.4 Å². The van der Waals surface area contributed by atoms with Gasteiger partial charge in [-0.2, -0.15) is 5.26 Å². The van der Waals surface area contributed by atoms with Crippen LogP contribution in [0.2, 0.25) is 0 Å². The summed E-state index contributed by atoms with van der Waals surface area (Å²) >= 11 is 0. The van der Waals surface area contributed by atoms with E-state index in [1.807, 2.05) is 6.07 Å². The van der Waals surface area contributed by atoms with Crippen molar-refractivity contribution in [3.63, 3.8) is 0 Å². The van der Waals surface area contributed by atoms with Crippen molar-refractivity contribution in [3.8, 4) is 6.07 Å². The van der Waals surface area contributed by atoms with Gasteiger partial charge in [-0.05, 0) is 19.4 Å². The van der Waals surface area contributed by atoms with Crippen LogP contribution in [-0.4, -0.2) is 17.6 Å². The first-order valence-electron chi connectivity index (χ1n) is 4.22. The molecule has 0 saturated carbocycles. The largest absolute Gasteiger partial charge is 0.462 e. The maximum atomic E-state index is 11.4. The van der Waals surface area contributed by atoms with Gasteiger partial charge in [-0.25, -0.2) is 4.79 Å². The van der Waals surface area contributed by atoms with Gasteiger partial charge in [-0.15, -0.1) is 0 Å². The first-order valence-corrected chi connectivity index (χ1v) is 4.22. The normalized spacial score (nSPS) is 9.21. The van der Waals surface area contributed by atoms with E-state index < -0.39 is 5.97 Å². The number of esters is 1. The molecular weight excluding hydrogens is 180 g/mol. The number of aryl methyl sites for hydroxylation is 1. The highest BCUT2D eigenvalue weighted by Gasteiger charge is 2.14. The monoisotopic (exact) mass is 190 g/mol. The van der Waals surface area contributed by atoms with E-state index in [1.54, 1.807) is 20.0 Å². The third-order valence-corrected chi connectivity index (χ3v) is 1.74. The third-order valence-electron chi connectivity index (χ3n) is 1.74. The number of carbonyl (C=O) groups excluding carboxylic acids is 1. The molecule has 0 spiro atoms. The van der Waals surface area contributed by atoms with Gasteiger partial charge in [0.25, 0.3) is 0 Å². The number of nitriles is 1. The molecule has 0 unspecified atom stereocenters. The minimum atomic E-state index is -0.500. The van der Waals surface area contributed by atoms with E-state index in [-0.39, 0.29) is 12.2 Å². The molecule has 72 valence electrons. The van der Waals surface area contributed by atoms with Crippen molar-refractivity contribution < 1.29 is 9.53 Å². The average Bonchev–Trinajstić information content (AvgIpc) is 2.17. The molecule has 1 heterocycles. The molecule has 0 N–H and O–H groups in total. The molecule has 0 aliphatic rings. The molecular formula is C10H10N2O2. The lowest BCUT2D eigenvalue weighted by Gasteiger charge is -2.04. The Morgan fingerprint density at radius 3 is 2.93 bits per heavy atom. The number of hydrogen-bond donors (Lipinski definition) is 0. The van der Waals surface area contributed by atoms with Crippen LogP contribution in [0.3, 0.4) is 0 Å². The highest BCUT2D eigenvalue weighted by Crippen LogP contribution is 2.12.